The maximum atomic E-state index is 5.47. The lowest BCUT2D eigenvalue weighted by Gasteiger charge is -2.30. The second kappa shape index (κ2) is 7.66. The number of ether oxygens (including phenoxy) is 2. The van der Waals surface area contributed by atoms with Crippen LogP contribution in [0.3, 0.4) is 0 Å². The first kappa shape index (κ1) is 16.1. The van der Waals surface area contributed by atoms with Gasteiger partial charge in [-0.3, -0.25) is 0 Å². The Morgan fingerprint density at radius 3 is 2.57 bits per heavy atom. The van der Waals surface area contributed by atoms with E-state index in [1.54, 1.807) is 14.2 Å². The van der Waals surface area contributed by atoms with Gasteiger partial charge in [0.1, 0.15) is 11.5 Å². The predicted molar refractivity (Wildman–Crippen MR) is 86.2 cm³/mol. The van der Waals surface area contributed by atoms with E-state index in [2.05, 4.69) is 30.3 Å². The van der Waals surface area contributed by atoms with Crippen LogP contribution < -0.4 is 14.8 Å². The van der Waals surface area contributed by atoms with Gasteiger partial charge in [0.05, 0.1) is 14.2 Å². The van der Waals surface area contributed by atoms with Gasteiger partial charge in [-0.1, -0.05) is 0 Å². The van der Waals surface area contributed by atoms with E-state index in [1.807, 2.05) is 12.1 Å². The van der Waals surface area contributed by atoms with Crippen molar-refractivity contribution < 1.29 is 9.47 Å². The van der Waals surface area contributed by atoms with Gasteiger partial charge < -0.3 is 19.7 Å². The summed E-state index contributed by atoms with van der Waals surface area (Å²) in [5, 5.41) is 3.66. The molecule has 118 valence electrons. The monoisotopic (exact) mass is 292 g/mol. The Kier molecular flexibility index (Phi) is 5.88. The number of rotatable bonds is 6. The molecule has 0 bridgehead atoms. The minimum Gasteiger partial charge on any atom is -0.497 e. The fraction of sp³-hybridized carbons (Fsp3) is 0.647. The Balaban J connectivity index is 1.94. The van der Waals surface area contributed by atoms with Crippen LogP contribution >= 0.6 is 0 Å². The number of likely N-dealkylation sites (tertiary alicyclic amines) is 1. The summed E-state index contributed by atoms with van der Waals surface area (Å²) in [5.74, 6) is 2.57. The third kappa shape index (κ3) is 4.35. The van der Waals surface area contributed by atoms with Gasteiger partial charge in [0.25, 0.3) is 0 Å². The number of nitrogens with zero attached hydrogens (tertiary/aromatic N) is 1. The highest BCUT2D eigenvalue weighted by atomic mass is 16.5. The Bertz CT molecular complexity index is 442. The Labute approximate surface area is 128 Å². The highest BCUT2D eigenvalue weighted by Crippen LogP contribution is 2.29. The van der Waals surface area contributed by atoms with Gasteiger partial charge in [0.15, 0.2) is 0 Å². The van der Waals surface area contributed by atoms with Crippen molar-refractivity contribution in [1.82, 2.24) is 10.2 Å². The van der Waals surface area contributed by atoms with Crippen molar-refractivity contribution in [1.29, 1.82) is 0 Å². The van der Waals surface area contributed by atoms with Crippen molar-refractivity contribution >= 4 is 0 Å². The van der Waals surface area contributed by atoms with E-state index >= 15 is 0 Å². The highest BCUT2D eigenvalue weighted by molar-refractivity contribution is 5.42. The van der Waals surface area contributed by atoms with Gasteiger partial charge in [-0.2, -0.15) is 0 Å². The second-order valence-corrected chi connectivity index (χ2v) is 5.98. The zero-order valence-corrected chi connectivity index (χ0v) is 13.7. The molecule has 21 heavy (non-hydrogen) atoms. The molecule has 1 aliphatic heterocycles. The average Bonchev–Trinajstić information content (AvgIpc) is 2.53. The van der Waals surface area contributed by atoms with Crippen LogP contribution in [-0.4, -0.2) is 45.8 Å². The van der Waals surface area contributed by atoms with Crippen LogP contribution in [0.4, 0.5) is 0 Å². The number of nitrogens with one attached hydrogen (secondary N) is 1. The third-order valence-electron chi connectivity index (χ3n) is 4.45. The predicted octanol–water partition coefficient (Wildman–Crippen LogP) is 2.70. The van der Waals surface area contributed by atoms with Crippen molar-refractivity contribution in [2.24, 2.45) is 5.92 Å². The number of hydrogen-bond donors (Lipinski definition) is 1. The SMILES string of the molecule is COc1ccc(OC)c(C(C)NCC2CCN(C)CC2)c1. The number of methoxy groups -OCH3 is 2. The lowest BCUT2D eigenvalue weighted by molar-refractivity contribution is 0.213. The normalized spacial score (nSPS) is 18.5. The molecule has 0 aromatic heterocycles. The quantitative estimate of drug-likeness (QED) is 0.874. The molecule has 0 saturated carbocycles. The van der Waals surface area contributed by atoms with Gasteiger partial charge in [-0.15, -0.1) is 0 Å². The van der Waals surface area contributed by atoms with Gasteiger partial charge in [0, 0.05) is 11.6 Å². The standard InChI is InChI=1S/C17H28N2O2/c1-13(18-12-14-7-9-19(2)10-8-14)16-11-15(20-3)5-6-17(16)21-4/h5-6,11,13-14,18H,7-10,12H2,1-4H3. The molecule has 1 heterocycles. The van der Waals surface area contributed by atoms with Crippen LogP contribution in [-0.2, 0) is 0 Å². The molecule has 1 atom stereocenters. The summed E-state index contributed by atoms with van der Waals surface area (Å²) in [6.07, 6.45) is 2.57. The van der Waals surface area contributed by atoms with E-state index < -0.39 is 0 Å². The number of piperidine rings is 1. The molecule has 0 radical (unpaired) electrons. The summed E-state index contributed by atoms with van der Waals surface area (Å²) in [6, 6.07) is 6.23. The minimum absolute atomic E-state index is 0.259. The topological polar surface area (TPSA) is 33.7 Å². The van der Waals surface area contributed by atoms with Gasteiger partial charge in [-0.05, 0) is 70.6 Å². The summed E-state index contributed by atoms with van der Waals surface area (Å²) in [7, 11) is 5.62. The van der Waals surface area contributed by atoms with Crippen molar-refractivity contribution in [3.05, 3.63) is 23.8 Å². The van der Waals surface area contributed by atoms with Crippen LogP contribution in [0.25, 0.3) is 0 Å². The third-order valence-corrected chi connectivity index (χ3v) is 4.45. The summed E-state index contributed by atoms with van der Waals surface area (Å²) < 4.78 is 10.8. The van der Waals surface area contributed by atoms with Crippen LogP contribution in [0, 0.1) is 5.92 Å². The van der Waals surface area contributed by atoms with Crippen molar-refractivity contribution in [3.8, 4) is 11.5 Å². The number of benzene rings is 1. The van der Waals surface area contributed by atoms with E-state index in [-0.39, 0.29) is 6.04 Å². The van der Waals surface area contributed by atoms with E-state index in [9.17, 15) is 0 Å². The molecule has 0 aliphatic carbocycles. The summed E-state index contributed by atoms with van der Waals surface area (Å²) in [6.45, 7) is 5.67. The van der Waals surface area contributed by atoms with Crippen LogP contribution in [0.5, 0.6) is 11.5 Å². The molecular weight excluding hydrogens is 264 g/mol. The van der Waals surface area contributed by atoms with Crippen molar-refractivity contribution in [3.63, 3.8) is 0 Å². The molecule has 0 amide bonds. The Morgan fingerprint density at radius 2 is 1.95 bits per heavy atom. The molecule has 1 unspecified atom stereocenters. The van der Waals surface area contributed by atoms with Crippen LogP contribution in [0.15, 0.2) is 18.2 Å². The second-order valence-electron chi connectivity index (χ2n) is 5.98. The molecule has 4 nitrogen and oxygen atoms in total. The van der Waals surface area contributed by atoms with Gasteiger partial charge >= 0.3 is 0 Å². The fourth-order valence-corrected chi connectivity index (χ4v) is 2.90. The number of hydrogen-bond acceptors (Lipinski definition) is 4. The van der Waals surface area contributed by atoms with E-state index in [1.165, 1.54) is 25.9 Å². The molecule has 1 saturated heterocycles. The highest BCUT2D eigenvalue weighted by Gasteiger charge is 2.18. The van der Waals surface area contributed by atoms with Crippen LogP contribution in [0.2, 0.25) is 0 Å². The lowest BCUT2D eigenvalue weighted by Crippen LogP contribution is -2.35. The van der Waals surface area contributed by atoms with Gasteiger partial charge in [0.2, 0.25) is 0 Å². The minimum atomic E-state index is 0.259. The smallest absolute Gasteiger partial charge is 0.123 e. The first-order valence-corrected chi connectivity index (χ1v) is 7.78. The largest absolute Gasteiger partial charge is 0.497 e. The molecule has 1 aliphatic rings. The molecular formula is C17H28N2O2. The molecule has 1 aromatic carbocycles. The summed E-state index contributed by atoms with van der Waals surface area (Å²) >= 11 is 0. The Hall–Kier alpha value is -1.26. The maximum absolute atomic E-state index is 5.47. The molecule has 1 fully saturated rings. The first-order valence-electron chi connectivity index (χ1n) is 7.78. The Morgan fingerprint density at radius 1 is 1.24 bits per heavy atom. The maximum Gasteiger partial charge on any atom is 0.123 e. The van der Waals surface area contributed by atoms with E-state index in [0.717, 1.165) is 29.5 Å². The first-order chi connectivity index (χ1) is 10.1. The molecule has 1 aromatic rings. The fourth-order valence-electron chi connectivity index (χ4n) is 2.90. The molecule has 1 N–H and O–H groups in total. The van der Waals surface area contributed by atoms with Crippen molar-refractivity contribution in [2.75, 3.05) is 40.9 Å². The van der Waals surface area contributed by atoms with Crippen LogP contribution in [0.1, 0.15) is 31.4 Å². The van der Waals surface area contributed by atoms with E-state index in [4.69, 9.17) is 9.47 Å². The molecule has 2 rings (SSSR count). The van der Waals surface area contributed by atoms with Crippen molar-refractivity contribution in [2.45, 2.75) is 25.8 Å². The van der Waals surface area contributed by atoms with Gasteiger partial charge in [-0.25, -0.2) is 0 Å². The zero-order chi connectivity index (χ0) is 15.2. The average molecular weight is 292 g/mol. The summed E-state index contributed by atoms with van der Waals surface area (Å²) in [4.78, 5) is 2.41. The molecule has 4 heteroatoms. The lowest BCUT2D eigenvalue weighted by atomic mass is 9.96. The van der Waals surface area contributed by atoms with E-state index in [0.29, 0.717) is 0 Å². The molecule has 0 spiro atoms. The summed E-state index contributed by atoms with van der Waals surface area (Å²) in [5.41, 5.74) is 1.16. The zero-order valence-electron chi connectivity index (χ0n) is 13.7.